The van der Waals surface area contributed by atoms with E-state index in [0.29, 0.717) is 11.5 Å². The minimum absolute atomic E-state index is 0.0423. The van der Waals surface area contributed by atoms with Crippen LogP contribution in [-0.2, 0) is 0 Å². The number of hydrogen-bond donors (Lipinski definition) is 0. The highest BCUT2D eigenvalue weighted by atomic mass is 19.2. The van der Waals surface area contributed by atoms with Crippen LogP contribution in [0.5, 0.6) is 5.75 Å². The SMILES string of the molecule is C=CC1CCC(C2CCC(C3CCC(/C=C/c4ccc(OC)c(F)c4F)CC3)CC2)CC1. The maximum atomic E-state index is 14.2. The molecule has 1 nitrogen and oxygen atoms in total. The summed E-state index contributed by atoms with van der Waals surface area (Å²) in [5.41, 5.74) is 0.311. The third-order valence-electron chi connectivity index (χ3n) is 8.96. The molecule has 1 aromatic carbocycles. The molecule has 0 N–H and O–H groups in total. The summed E-state index contributed by atoms with van der Waals surface area (Å²) in [5, 5.41) is 0. The largest absolute Gasteiger partial charge is 0.494 e. The van der Waals surface area contributed by atoms with E-state index in [4.69, 9.17) is 4.74 Å². The van der Waals surface area contributed by atoms with Gasteiger partial charge in [-0.2, -0.15) is 4.39 Å². The van der Waals surface area contributed by atoms with E-state index < -0.39 is 11.6 Å². The van der Waals surface area contributed by atoms with Gasteiger partial charge in [0.25, 0.3) is 0 Å². The first-order valence-electron chi connectivity index (χ1n) is 12.9. The van der Waals surface area contributed by atoms with E-state index in [-0.39, 0.29) is 5.75 Å². The molecule has 3 aliphatic carbocycles. The van der Waals surface area contributed by atoms with Gasteiger partial charge in [-0.05, 0) is 125 Å². The summed E-state index contributed by atoms with van der Waals surface area (Å²) in [7, 11) is 1.35. The molecular formula is C29H40F2O. The number of rotatable bonds is 6. The second-order valence-corrected chi connectivity index (χ2v) is 10.6. The molecule has 0 atom stereocenters. The summed E-state index contributed by atoms with van der Waals surface area (Å²) in [6, 6.07) is 3.10. The standard InChI is InChI=1S/C29H40F2O/c1-3-20-4-9-22(10-5-20)24-14-16-25(17-15-24)23-11-6-21(7-12-23)8-13-26-18-19-27(32-2)29(31)28(26)30/h3,8,13,18-25H,1,4-7,9-12,14-17H2,2H3/b13-8+. The zero-order valence-corrected chi connectivity index (χ0v) is 19.7. The number of benzene rings is 1. The van der Waals surface area contributed by atoms with Crippen molar-refractivity contribution in [2.75, 3.05) is 7.11 Å². The molecule has 0 bridgehead atoms. The lowest BCUT2D eigenvalue weighted by Crippen LogP contribution is -2.29. The first-order chi connectivity index (χ1) is 15.6. The molecule has 0 aliphatic heterocycles. The average molecular weight is 443 g/mol. The monoisotopic (exact) mass is 442 g/mol. The van der Waals surface area contributed by atoms with E-state index in [2.05, 4.69) is 18.7 Å². The molecule has 3 saturated carbocycles. The van der Waals surface area contributed by atoms with Crippen LogP contribution in [0.4, 0.5) is 8.78 Å². The molecule has 1 aromatic rings. The van der Waals surface area contributed by atoms with Gasteiger partial charge < -0.3 is 4.74 Å². The van der Waals surface area contributed by atoms with E-state index >= 15 is 0 Å². The molecule has 0 amide bonds. The lowest BCUT2D eigenvalue weighted by atomic mass is 9.65. The van der Waals surface area contributed by atoms with Gasteiger partial charge in [0.2, 0.25) is 5.82 Å². The van der Waals surface area contributed by atoms with Gasteiger partial charge in [0.05, 0.1) is 7.11 Å². The molecule has 0 aromatic heterocycles. The minimum atomic E-state index is -0.900. The highest BCUT2D eigenvalue weighted by Gasteiger charge is 2.34. The molecule has 3 aliphatic rings. The van der Waals surface area contributed by atoms with Crippen molar-refractivity contribution in [2.24, 2.45) is 35.5 Å². The summed E-state index contributed by atoms with van der Waals surface area (Å²) < 4.78 is 33.0. The lowest BCUT2D eigenvalue weighted by Gasteiger charge is -2.41. The van der Waals surface area contributed by atoms with E-state index in [0.717, 1.165) is 29.6 Å². The minimum Gasteiger partial charge on any atom is -0.494 e. The predicted octanol–water partition coefficient (Wildman–Crippen LogP) is 8.59. The lowest BCUT2D eigenvalue weighted by molar-refractivity contribution is 0.112. The Morgan fingerprint density at radius 3 is 1.66 bits per heavy atom. The molecule has 0 unspecified atom stereocenters. The fraction of sp³-hybridized carbons (Fsp3) is 0.655. The van der Waals surface area contributed by atoms with Crippen molar-refractivity contribution in [3.05, 3.63) is 48.1 Å². The number of halogens is 2. The second-order valence-electron chi connectivity index (χ2n) is 10.6. The van der Waals surface area contributed by atoms with Crippen LogP contribution in [0.3, 0.4) is 0 Å². The maximum absolute atomic E-state index is 14.2. The highest BCUT2D eigenvalue weighted by Crippen LogP contribution is 2.46. The normalized spacial score (nSPS) is 33.8. The zero-order valence-electron chi connectivity index (χ0n) is 19.7. The summed E-state index contributed by atoms with van der Waals surface area (Å²) >= 11 is 0. The zero-order chi connectivity index (χ0) is 22.5. The average Bonchev–Trinajstić information content (AvgIpc) is 2.85. The molecule has 32 heavy (non-hydrogen) atoms. The van der Waals surface area contributed by atoms with Crippen molar-refractivity contribution in [1.29, 1.82) is 0 Å². The van der Waals surface area contributed by atoms with Crippen LogP contribution >= 0.6 is 0 Å². The van der Waals surface area contributed by atoms with Gasteiger partial charge in [-0.25, -0.2) is 4.39 Å². The quantitative estimate of drug-likeness (QED) is 0.401. The third kappa shape index (κ3) is 5.46. The van der Waals surface area contributed by atoms with E-state index in [9.17, 15) is 8.78 Å². The van der Waals surface area contributed by atoms with E-state index in [1.54, 1.807) is 12.1 Å². The van der Waals surface area contributed by atoms with E-state index in [1.165, 1.54) is 90.2 Å². The molecular weight excluding hydrogens is 402 g/mol. The molecule has 0 saturated heterocycles. The Morgan fingerprint density at radius 2 is 1.19 bits per heavy atom. The number of ether oxygens (including phenoxy) is 1. The third-order valence-corrected chi connectivity index (χ3v) is 8.96. The summed E-state index contributed by atoms with van der Waals surface area (Å²) in [6.45, 7) is 3.99. The predicted molar refractivity (Wildman–Crippen MR) is 128 cm³/mol. The van der Waals surface area contributed by atoms with Gasteiger partial charge in [0.15, 0.2) is 11.6 Å². The highest BCUT2D eigenvalue weighted by molar-refractivity contribution is 5.52. The molecule has 3 fully saturated rings. The summed E-state index contributed by atoms with van der Waals surface area (Å²) in [6.07, 6.45) is 22.2. The summed E-state index contributed by atoms with van der Waals surface area (Å²) in [5.74, 6) is 3.21. The Kier molecular flexibility index (Phi) is 8.07. The van der Waals surface area contributed by atoms with Crippen LogP contribution in [0.25, 0.3) is 6.08 Å². The second kappa shape index (κ2) is 11.0. The van der Waals surface area contributed by atoms with Crippen molar-refractivity contribution in [3.63, 3.8) is 0 Å². The van der Waals surface area contributed by atoms with Crippen LogP contribution in [0, 0.1) is 47.1 Å². The Morgan fingerprint density at radius 1 is 0.719 bits per heavy atom. The van der Waals surface area contributed by atoms with Crippen LogP contribution in [0.15, 0.2) is 30.9 Å². The van der Waals surface area contributed by atoms with Gasteiger partial charge in [0.1, 0.15) is 0 Å². The first kappa shape index (κ1) is 23.5. The first-order valence-corrected chi connectivity index (χ1v) is 12.9. The molecule has 176 valence electrons. The van der Waals surface area contributed by atoms with Gasteiger partial charge >= 0.3 is 0 Å². The van der Waals surface area contributed by atoms with Crippen LogP contribution in [0.2, 0.25) is 0 Å². The van der Waals surface area contributed by atoms with Crippen molar-refractivity contribution in [1.82, 2.24) is 0 Å². The van der Waals surface area contributed by atoms with Crippen LogP contribution in [-0.4, -0.2) is 7.11 Å². The molecule has 0 spiro atoms. The van der Waals surface area contributed by atoms with Crippen molar-refractivity contribution in [3.8, 4) is 5.75 Å². The number of allylic oxidation sites excluding steroid dienone is 2. The van der Waals surface area contributed by atoms with Gasteiger partial charge in [-0.3, -0.25) is 0 Å². The van der Waals surface area contributed by atoms with Gasteiger partial charge in [0, 0.05) is 5.56 Å². The van der Waals surface area contributed by atoms with Crippen molar-refractivity contribution < 1.29 is 13.5 Å². The molecule has 0 radical (unpaired) electrons. The smallest absolute Gasteiger partial charge is 0.201 e. The Hall–Kier alpha value is -1.64. The van der Waals surface area contributed by atoms with E-state index in [1.807, 2.05) is 0 Å². The maximum Gasteiger partial charge on any atom is 0.201 e. The Labute approximate surface area is 193 Å². The topological polar surface area (TPSA) is 9.23 Å². The number of hydrogen-bond acceptors (Lipinski definition) is 1. The van der Waals surface area contributed by atoms with Gasteiger partial charge in [-0.15, -0.1) is 6.58 Å². The molecule has 3 heteroatoms. The molecule has 4 rings (SSSR count). The van der Waals surface area contributed by atoms with Gasteiger partial charge in [-0.1, -0.05) is 18.2 Å². The Bertz CT molecular complexity index is 777. The fourth-order valence-electron chi connectivity index (χ4n) is 6.82. The summed E-state index contributed by atoms with van der Waals surface area (Å²) in [4.78, 5) is 0. The van der Waals surface area contributed by atoms with Crippen molar-refractivity contribution >= 4 is 6.08 Å². The number of methoxy groups -OCH3 is 1. The van der Waals surface area contributed by atoms with Crippen molar-refractivity contribution in [2.45, 2.75) is 77.0 Å². The molecule has 0 heterocycles. The van der Waals surface area contributed by atoms with Crippen LogP contribution in [0.1, 0.15) is 82.6 Å². The fourth-order valence-corrected chi connectivity index (χ4v) is 6.82. The van der Waals surface area contributed by atoms with Crippen LogP contribution < -0.4 is 4.74 Å². The Balaban J connectivity index is 1.21.